The normalized spacial score (nSPS) is 13.9. The predicted octanol–water partition coefficient (Wildman–Crippen LogP) is 5.02. The van der Waals surface area contributed by atoms with Crippen LogP contribution in [0.4, 0.5) is 13.2 Å². The Morgan fingerprint density at radius 2 is 2.00 bits per heavy atom. The van der Waals surface area contributed by atoms with Crippen LogP contribution in [0, 0.1) is 11.7 Å². The molecule has 2 heterocycles. The van der Waals surface area contributed by atoms with Crippen molar-refractivity contribution >= 4 is 11.6 Å². The van der Waals surface area contributed by atoms with E-state index in [9.17, 15) is 13.2 Å². The fourth-order valence-corrected chi connectivity index (χ4v) is 2.91. The van der Waals surface area contributed by atoms with Crippen molar-refractivity contribution in [1.82, 2.24) is 9.97 Å². The average Bonchev–Trinajstić information content (AvgIpc) is 2.54. The van der Waals surface area contributed by atoms with Crippen molar-refractivity contribution < 1.29 is 17.9 Å². The van der Waals surface area contributed by atoms with E-state index in [4.69, 9.17) is 22.1 Å². The molecule has 0 saturated carbocycles. The van der Waals surface area contributed by atoms with Crippen LogP contribution in [0.1, 0.15) is 39.2 Å². The number of nitrogens with zero attached hydrogens (tertiary/aromatic N) is 2. The highest BCUT2D eigenvalue weighted by molar-refractivity contribution is 6.29. The van der Waals surface area contributed by atoms with Gasteiger partial charge in [0.1, 0.15) is 12.4 Å². The van der Waals surface area contributed by atoms with Crippen molar-refractivity contribution in [3.05, 3.63) is 41.1 Å². The van der Waals surface area contributed by atoms with Gasteiger partial charge in [0.2, 0.25) is 0 Å². The van der Waals surface area contributed by atoms with Gasteiger partial charge in [-0.15, -0.1) is 0 Å². The predicted molar refractivity (Wildman–Crippen MR) is 94.9 cm³/mol. The molecule has 0 unspecified atom stereocenters. The summed E-state index contributed by atoms with van der Waals surface area (Å²) in [6.07, 6.45) is 0.279. The van der Waals surface area contributed by atoms with Crippen molar-refractivity contribution in [2.45, 2.75) is 39.2 Å². The van der Waals surface area contributed by atoms with Gasteiger partial charge in [0, 0.05) is 17.3 Å². The molecular weight excluding hydrogens is 367 g/mol. The Hall–Kier alpha value is -1.86. The summed E-state index contributed by atoms with van der Waals surface area (Å²) in [7, 11) is 0. The topological polar surface area (TPSA) is 61.0 Å². The molecule has 2 N–H and O–H groups in total. The molecule has 0 aliphatic heterocycles. The lowest BCUT2D eigenvalue weighted by molar-refractivity contribution is 0.139. The summed E-state index contributed by atoms with van der Waals surface area (Å²) in [6, 6.07) is 2.41. The summed E-state index contributed by atoms with van der Waals surface area (Å²) in [4.78, 5) is 7.63. The minimum Gasteiger partial charge on any atom is -0.490 e. The molecule has 1 atom stereocenters. The smallest absolute Gasteiger partial charge is 0.267 e. The lowest BCUT2D eigenvalue weighted by Gasteiger charge is -2.27. The number of halogens is 4. The zero-order valence-corrected chi connectivity index (χ0v) is 15.5. The van der Waals surface area contributed by atoms with Crippen molar-refractivity contribution in [3.63, 3.8) is 0 Å². The van der Waals surface area contributed by atoms with Gasteiger partial charge in [-0.3, -0.25) is 4.98 Å². The summed E-state index contributed by atoms with van der Waals surface area (Å²) in [5.74, 6) is -0.560. The molecule has 0 amide bonds. The Morgan fingerprint density at radius 1 is 1.31 bits per heavy atom. The van der Waals surface area contributed by atoms with Crippen molar-refractivity contribution in [3.8, 4) is 17.0 Å². The lowest BCUT2D eigenvalue weighted by atomic mass is 9.93. The van der Waals surface area contributed by atoms with Crippen LogP contribution >= 0.6 is 11.6 Å². The molecular formula is C18H21ClF3N3O. The summed E-state index contributed by atoms with van der Waals surface area (Å²) in [6.45, 7) is 5.88. The van der Waals surface area contributed by atoms with E-state index >= 15 is 0 Å². The largest absolute Gasteiger partial charge is 0.490 e. The van der Waals surface area contributed by atoms with Crippen LogP contribution in [0.5, 0.6) is 5.75 Å². The fourth-order valence-electron chi connectivity index (χ4n) is 2.75. The highest BCUT2D eigenvalue weighted by Gasteiger charge is 2.24. The Labute approximate surface area is 155 Å². The second-order valence-corrected chi connectivity index (χ2v) is 7.27. The van der Waals surface area contributed by atoms with Gasteiger partial charge in [0.25, 0.3) is 6.43 Å². The Morgan fingerprint density at radius 3 is 2.62 bits per heavy atom. The summed E-state index contributed by atoms with van der Waals surface area (Å²) < 4.78 is 46.5. The highest BCUT2D eigenvalue weighted by atomic mass is 35.5. The number of nitrogens with two attached hydrogens (primary N) is 1. The quantitative estimate of drug-likeness (QED) is 0.678. The number of hydrogen-bond donors (Lipinski definition) is 1. The minimum atomic E-state index is -2.82. The molecule has 0 aliphatic rings. The molecule has 0 aliphatic carbocycles. The maximum absolute atomic E-state index is 14.1. The maximum atomic E-state index is 14.1. The van der Waals surface area contributed by atoms with E-state index < -0.39 is 17.8 Å². The van der Waals surface area contributed by atoms with Crippen LogP contribution in [0.15, 0.2) is 24.5 Å². The van der Waals surface area contributed by atoms with Gasteiger partial charge < -0.3 is 10.5 Å². The maximum Gasteiger partial charge on any atom is 0.267 e. The first-order valence-corrected chi connectivity index (χ1v) is 8.48. The van der Waals surface area contributed by atoms with Crippen LogP contribution < -0.4 is 10.5 Å². The number of rotatable bonds is 7. The van der Waals surface area contributed by atoms with E-state index in [0.29, 0.717) is 12.3 Å². The van der Waals surface area contributed by atoms with Gasteiger partial charge in [-0.25, -0.2) is 18.2 Å². The van der Waals surface area contributed by atoms with E-state index in [1.54, 1.807) is 6.92 Å². The summed E-state index contributed by atoms with van der Waals surface area (Å²) in [5, 5.41) is -0.351. The number of pyridine rings is 2. The average molecular weight is 388 g/mol. The van der Waals surface area contributed by atoms with E-state index in [-0.39, 0.29) is 34.3 Å². The molecule has 2 aromatic heterocycles. The SMILES string of the molecule is CC(C)C[C@@](C)(N)COc1cnc(-c2ccnc(Cl)c2F)cc1C(F)F. The van der Waals surface area contributed by atoms with Gasteiger partial charge in [0.05, 0.1) is 17.5 Å². The van der Waals surface area contributed by atoms with Crippen molar-refractivity contribution in [2.75, 3.05) is 6.61 Å². The molecule has 2 aromatic rings. The van der Waals surface area contributed by atoms with Gasteiger partial charge in [-0.2, -0.15) is 0 Å². The molecule has 0 radical (unpaired) electrons. The highest BCUT2D eigenvalue weighted by Crippen LogP contribution is 2.33. The molecule has 0 spiro atoms. The first-order chi connectivity index (χ1) is 12.1. The summed E-state index contributed by atoms with van der Waals surface area (Å²) in [5.41, 5.74) is 5.10. The molecule has 2 rings (SSSR count). The summed E-state index contributed by atoms with van der Waals surface area (Å²) >= 11 is 5.64. The fraction of sp³-hybridized carbons (Fsp3) is 0.444. The van der Waals surface area contributed by atoms with E-state index in [1.807, 2.05) is 13.8 Å². The van der Waals surface area contributed by atoms with Crippen LogP contribution in [-0.2, 0) is 0 Å². The first kappa shape index (κ1) is 20.5. The molecule has 0 bridgehead atoms. The van der Waals surface area contributed by atoms with Crippen LogP contribution in [-0.4, -0.2) is 22.1 Å². The van der Waals surface area contributed by atoms with E-state index in [0.717, 1.165) is 12.3 Å². The van der Waals surface area contributed by atoms with Gasteiger partial charge >= 0.3 is 0 Å². The molecule has 0 saturated heterocycles. The lowest BCUT2D eigenvalue weighted by Crippen LogP contribution is -2.43. The second kappa shape index (κ2) is 8.22. The zero-order valence-electron chi connectivity index (χ0n) is 14.8. The van der Waals surface area contributed by atoms with Gasteiger partial charge in [-0.1, -0.05) is 25.4 Å². The molecule has 0 aromatic carbocycles. The number of hydrogen-bond acceptors (Lipinski definition) is 4. The third-order valence-electron chi connectivity index (χ3n) is 3.69. The minimum absolute atomic E-state index is 0.0121. The first-order valence-electron chi connectivity index (χ1n) is 8.11. The van der Waals surface area contributed by atoms with Crippen LogP contribution in [0.2, 0.25) is 5.15 Å². The molecule has 0 fully saturated rings. The third kappa shape index (κ3) is 5.08. The van der Waals surface area contributed by atoms with Crippen molar-refractivity contribution in [2.24, 2.45) is 11.7 Å². The molecule has 4 nitrogen and oxygen atoms in total. The zero-order chi connectivity index (χ0) is 19.5. The number of aromatic nitrogens is 2. The molecule has 8 heteroatoms. The van der Waals surface area contributed by atoms with Crippen LogP contribution in [0.25, 0.3) is 11.3 Å². The van der Waals surface area contributed by atoms with Crippen LogP contribution in [0.3, 0.4) is 0 Å². The van der Waals surface area contributed by atoms with E-state index in [2.05, 4.69) is 9.97 Å². The Bertz CT molecular complexity index is 769. The second-order valence-electron chi connectivity index (χ2n) is 6.91. The van der Waals surface area contributed by atoms with Crippen molar-refractivity contribution in [1.29, 1.82) is 0 Å². The molecule has 142 valence electrons. The third-order valence-corrected chi connectivity index (χ3v) is 3.95. The monoisotopic (exact) mass is 387 g/mol. The standard InChI is InChI=1S/C18H21ClF3N3O/c1-10(2)7-18(3,23)9-26-14-8-25-13(6-12(14)17(21)22)11-4-5-24-16(19)15(11)20/h4-6,8,10,17H,7,9,23H2,1-3H3/t18-/m1/s1. The Kier molecular flexibility index (Phi) is 6.47. The Balaban J connectivity index is 2.31. The van der Waals surface area contributed by atoms with Gasteiger partial charge in [-0.05, 0) is 31.4 Å². The number of alkyl halides is 2. The van der Waals surface area contributed by atoms with E-state index in [1.165, 1.54) is 12.3 Å². The number of ether oxygens (including phenoxy) is 1. The molecule has 26 heavy (non-hydrogen) atoms. The van der Waals surface area contributed by atoms with Gasteiger partial charge in [0.15, 0.2) is 11.0 Å².